The molecule has 0 radical (unpaired) electrons. The largest absolute Gasteiger partial charge is 0.350 e. The van der Waals surface area contributed by atoms with Crippen LogP contribution in [-0.4, -0.2) is 34.3 Å². The highest BCUT2D eigenvalue weighted by Gasteiger charge is 2.39. The lowest BCUT2D eigenvalue weighted by atomic mass is 9.80. The van der Waals surface area contributed by atoms with Crippen molar-refractivity contribution in [3.8, 4) is 10.4 Å². The Kier molecular flexibility index (Phi) is 7.20. The minimum atomic E-state index is -0.389. The number of aromatic nitrogens is 1. The van der Waals surface area contributed by atoms with Gasteiger partial charge in [-0.3, -0.25) is 9.59 Å². The molecule has 1 aromatic carbocycles. The summed E-state index contributed by atoms with van der Waals surface area (Å²) in [4.78, 5) is 33.6. The molecule has 1 unspecified atom stereocenters. The fourth-order valence-electron chi connectivity index (χ4n) is 3.93. The van der Waals surface area contributed by atoms with Crippen LogP contribution in [0.1, 0.15) is 58.7 Å². The van der Waals surface area contributed by atoms with Crippen LogP contribution in [0.5, 0.6) is 0 Å². The van der Waals surface area contributed by atoms with E-state index in [1.165, 1.54) is 4.88 Å². The summed E-state index contributed by atoms with van der Waals surface area (Å²) in [6.45, 7) is 13.5. The van der Waals surface area contributed by atoms with E-state index in [0.717, 1.165) is 29.7 Å². The molecule has 0 bridgehead atoms. The molecule has 2 amide bonds. The fraction of sp³-hybridized carbons (Fsp3) is 0.560. The molecule has 0 saturated carbocycles. The lowest BCUT2D eigenvalue weighted by Crippen LogP contribution is -2.55. The van der Waals surface area contributed by atoms with Crippen LogP contribution in [0.15, 0.2) is 29.8 Å². The molecule has 1 aromatic heterocycles. The molecule has 1 aliphatic heterocycles. The van der Waals surface area contributed by atoms with Gasteiger partial charge in [0.25, 0.3) is 0 Å². The Balaban J connectivity index is 1.66. The van der Waals surface area contributed by atoms with Crippen LogP contribution in [0.3, 0.4) is 0 Å². The molecule has 1 aliphatic rings. The van der Waals surface area contributed by atoms with Gasteiger partial charge < -0.3 is 10.2 Å². The van der Waals surface area contributed by atoms with Crippen LogP contribution in [0, 0.1) is 24.2 Å². The van der Waals surface area contributed by atoms with E-state index >= 15 is 0 Å². The number of hydrogen-bond acceptors (Lipinski definition) is 4. The third-order valence-corrected chi connectivity index (χ3v) is 7.53. The summed E-state index contributed by atoms with van der Waals surface area (Å²) in [5, 5.41) is 3.07. The Hall–Kier alpha value is -2.21. The lowest BCUT2D eigenvalue weighted by Gasteiger charge is -2.41. The molecule has 168 valence electrons. The first-order chi connectivity index (χ1) is 14.6. The average molecular weight is 442 g/mol. The second-order valence-electron chi connectivity index (χ2n) is 9.95. The first-order valence-corrected chi connectivity index (χ1v) is 12.0. The molecule has 2 aromatic rings. The van der Waals surface area contributed by atoms with E-state index in [4.69, 9.17) is 0 Å². The zero-order valence-electron chi connectivity index (χ0n) is 19.6. The van der Waals surface area contributed by atoms with Crippen LogP contribution in [0.4, 0.5) is 0 Å². The van der Waals surface area contributed by atoms with Crippen molar-refractivity contribution in [1.29, 1.82) is 0 Å². The number of carbonyl (C=O) groups excluding carboxylic acids is 2. The molecule has 5 nitrogen and oxygen atoms in total. The molecule has 0 aliphatic carbocycles. The van der Waals surface area contributed by atoms with E-state index in [1.54, 1.807) is 11.3 Å². The van der Waals surface area contributed by atoms with Gasteiger partial charge in [-0.15, -0.1) is 11.3 Å². The number of amides is 2. The molecular weight excluding hydrogens is 406 g/mol. The standard InChI is InChI=1S/C25H35N3O2S/c1-16-11-12-28(24(30)17(2)25(4,5)6)21(13-16)23(29)26-14-19-7-9-20(10-8-19)22-18(3)27-15-31-22/h7-10,15-17,21H,11-14H2,1-6H3,(H,26,29)/t16?,17-,21+/m1/s1. The quantitative estimate of drug-likeness (QED) is 0.707. The summed E-state index contributed by atoms with van der Waals surface area (Å²) in [5.74, 6) is 0.345. The van der Waals surface area contributed by atoms with Gasteiger partial charge in [0.15, 0.2) is 0 Å². The van der Waals surface area contributed by atoms with Crippen LogP contribution < -0.4 is 5.32 Å². The number of benzene rings is 1. The zero-order chi connectivity index (χ0) is 22.8. The average Bonchev–Trinajstić information content (AvgIpc) is 3.16. The second kappa shape index (κ2) is 9.51. The van der Waals surface area contributed by atoms with Gasteiger partial charge in [-0.1, -0.05) is 58.9 Å². The van der Waals surface area contributed by atoms with Gasteiger partial charge in [-0.2, -0.15) is 0 Å². The maximum absolute atomic E-state index is 13.2. The Bertz CT molecular complexity index is 914. The zero-order valence-corrected chi connectivity index (χ0v) is 20.4. The van der Waals surface area contributed by atoms with Gasteiger partial charge in [0.2, 0.25) is 11.8 Å². The third kappa shape index (κ3) is 5.53. The predicted octanol–water partition coefficient (Wildman–Crippen LogP) is 5.04. The van der Waals surface area contributed by atoms with Crippen molar-refractivity contribution in [2.45, 2.75) is 67.0 Å². The number of carbonyl (C=O) groups is 2. The van der Waals surface area contributed by atoms with E-state index in [1.807, 2.05) is 36.4 Å². The van der Waals surface area contributed by atoms with E-state index in [-0.39, 0.29) is 29.2 Å². The fourth-order valence-corrected chi connectivity index (χ4v) is 4.74. The number of likely N-dealkylation sites (tertiary alicyclic amines) is 1. The first kappa shape index (κ1) is 23.5. The van der Waals surface area contributed by atoms with Crippen molar-refractivity contribution in [3.05, 3.63) is 41.0 Å². The van der Waals surface area contributed by atoms with Gasteiger partial charge in [0.05, 0.1) is 16.1 Å². The van der Waals surface area contributed by atoms with Crippen LogP contribution in [-0.2, 0) is 16.1 Å². The first-order valence-electron chi connectivity index (χ1n) is 11.2. The highest BCUT2D eigenvalue weighted by molar-refractivity contribution is 7.13. The minimum absolute atomic E-state index is 0.0524. The molecule has 0 spiro atoms. The Labute approximate surface area is 190 Å². The summed E-state index contributed by atoms with van der Waals surface area (Å²) in [7, 11) is 0. The van der Waals surface area contributed by atoms with Gasteiger partial charge >= 0.3 is 0 Å². The van der Waals surface area contributed by atoms with Crippen LogP contribution >= 0.6 is 11.3 Å². The molecule has 6 heteroatoms. The van der Waals surface area contributed by atoms with Crippen LogP contribution in [0.25, 0.3) is 10.4 Å². The highest BCUT2D eigenvalue weighted by atomic mass is 32.1. The molecule has 3 rings (SSSR count). The van der Waals surface area contributed by atoms with E-state index in [0.29, 0.717) is 19.0 Å². The Morgan fingerprint density at radius 2 is 1.94 bits per heavy atom. The second-order valence-corrected chi connectivity index (χ2v) is 10.8. The number of piperidine rings is 1. The number of nitrogens with one attached hydrogen (secondary N) is 1. The summed E-state index contributed by atoms with van der Waals surface area (Å²) < 4.78 is 0. The molecule has 1 N–H and O–H groups in total. The maximum Gasteiger partial charge on any atom is 0.243 e. The van der Waals surface area contributed by atoms with Crippen molar-refractivity contribution in [2.24, 2.45) is 17.3 Å². The van der Waals surface area contributed by atoms with Gasteiger partial charge in [0.1, 0.15) is 6.04 Å². The Morgan fingerprint density at radius 3 is 2.52 bits per heavy atom. The molecule has 1 fully saturated rings. The molecule has 1 saturated heterocycles. The monoisotopic (exact) mass is 441 g/mol. The van der Waals surface area contributed by atoms with E-state index < -0.39 is 0 Å². The SMILES string of the molecule is Cc1ncsc1-c1ccc(CNC(=O)[C@@H]2CC(C)CCN2C(=O)[C@@H](C)C(C)(C)C)cc1. The molecule has 31 heavy (non-hydrogen) atoms. The van der Waals surface area contributed by atoms with Crippen molar-refractivity contribution >= 4 is 23.2 Å². The van der Waals surface area contributed by atoms with Gasteiger partial charge in [-0.25, -0.2) is 4.98 Å². The Morgan fingerprint density at radius 1 is 1.26 bits per heavy atom. The van der Waals surface area contributed by atoms with E-state index in [2.05, 4.69) is 50.1 Å². The van der Waals surface area contributed by atoms with E-state index in [9.17, 15) is 9.59 Å². The number of nitrogens with zero attached hydrogens (tertiary/aromatic N) is 2. The molecular formula is C25H35N3O2S. The summed E-state index contributed by atoms with van der Waals surface area (Å²) in [5.41, 5.74) is 4.96. The summed E-state index contributed by atoms with van der Waals surface area (Å²) >= 11 is 1.63. The minimum Gasteiger partial charge on any atom is -0.350 e. The van der Waals surface area contributed by atoms with Crippen molar-refractivity contribution in [2.75, 3.05) is 6.54 Å². The lowest BCUT2D eigenvalue weighted by molar-refractivity contribution is -0.148. The topological polar surface area (TPSA) is 62.3 Å². The maximum atomic E-state index is 13.2. The summed E-state index contributed by atoms with van der Waals surface area (Å²) in [6, 6.07) is 7.85. The van der Waals surface area contributed by atoms with Gasteiger partial charge in [-0.05, 0) is 42.2 Å². The van der Waals surface area contributed by atoms with Crippen molar-refractivity contribution < 1.29 is 9.59 Å². The smallest absolute Gasteiger partial charge is 0.243 e. The normalized spacial score (nSPS) is 20.4. The van der Waals surface area contributed by atoms with Gasteiger partial charge in [0, 0.05) is 19.0 Å². The van der Waals surface area contributed by atoms with Crippen molar-refractivity contribution in [1.82, 2.24) is 15.2 Å². The number of rotatable bonds is 5. The number of hydrogen-bond donors (Lipinski definition) is 1. The van der Waals surface area contributed by atoms with Crippen LogP contribution in [0.2, 0.25) is 0 Å². The third-order valence-electron chi connectivity index (χ3n) is 6.55. The number of thiazole rings is 1. The number of aryl methyl sites for hydroxylation is 1. The highest BCUT2D eigenvalue weighted by Crippen LogP contribution is 2.31. The summed E-state index contributed by atoms with van der Waals surface area (Å²) in [6.07, 6.45) is 1.67. The van der Waals surface area contributed by atoms with Crippen molar-refractivity contribution in [3.63, 3.8) is 0 Å². The predicted molar refractivity (Wildman–Crippen MR) is 127 cm³/mol. The molecule has 3 atom stereocenters. The molecule has 2 heterocycles.